The minimum absolute atomic E-state index is 0.0324. The smallest absolute Gasteiger partial charge is 0.417 e. The van der Waals surface area contributed by atoms with Crippen molar-refractivity contribution in [2.24, 2.45) is 0 Å². The second kappa shape index (κ2) is 5.06. The molecule has 2 aliphatic rings. The van der Waals surface area contributed by atoms with E-state index in [0.717, 1.165) is 4.90 Å². The number of sulfonamides is 1. The lowest BCUT2D eigenvalue weighted by atomic mass is 10.1. The molecule has 0 unspecified atom stereocenters. The number of cyclic esters (lactones) is 1. The fraction of sp³-hybridized carbons (Fsp3) is 0.583. The van der Waals surface area contributed by atoms with E-state index in [1.54, 1.807) is 4.57 Å². The fourth-order valence-electron chi connectivity index (χ4n) is 2.36. The molecule has 2 amide bonds. The highest BCUT2D eigenvalue weighted by Crippen LogP contribution is 2.25. The molecular formula is C12H16N4O5S. The first-order valence-corrected chi connectivity index (χ1v) is 8.27. The predicted octanol–water partition coefficient (Wildman–Crippen LogP) is -0.184. The summed E-state index contributed by atoms with van der Waals surface area (Å²) >= 11 is 0. The third-order valence-corrected chi connectivity index (χ3v) is 5.47. The van der Waals surface area contributed by atoms with Crippen LogP contribution in [0.2, 0.25) is 0 Å². The molecule has 2 saturated heterocycles. The third-order valence-electron chi connectivity index (χ3n) is 3.76. The molecule has 0 atom stereocenters. The van der Waals surface area contributed by atoms with E-state index in [0.29, 0.717) is 0 Å². The van der Waals surface area contributed by atoms with Gasteiger partial charge in [0, 0.05) is 25.3 Å². The van der Waals surface area contributed by atoms with E-state index < -0.39 is 28.1 Å². The van der Waals surface area contributed by atoms with E-state index in [9.17, 15) is 18.0 Å². The predicted molar refractivity (Wildman–Crippen MR) is 73.4 cm³/mol. The van der Waals surface area contributed by atoms with Crippen molar-refractivity contribution in [2.45, 2.75) is 31.0 Å². The molecule has 2 fully saturated rings. The Labute approximate surface area is 127 Å². The summed E-state index contributed by atoms with van der Waals surface area (Å²) in [5.74, 6) is -0.434. The van der Waals surface area contributed by atoms with Gasteiger partial charge in [-0.1, -0.05) is 0 Å². The average molecular weight is 328 g/mol. The molecule has 22 heavy (non-hydrogen) atoms. The van der Waals surface area contributed by atoms with Crippen molar-refractivity contribution in [3.05, 3.63) is 12.5 Å². The van der Waals surface area contributed by atoms with Crippen molar-refractivity contribution in [3.8, 4) is 0 Å². The van der Waals surface area contributed by atoms with E-state index in [4.69, 9.17) is 0 Å². The summed E-state index contributed by atoms with van der Waals surface area (Å²) < 4.78 is 32.3. The number of carbonyl (C=O) groups excluding carboxylic acids is 2. The number of imidazole rings is 1. The zero-order chi connectivity index (χ0) is 16.1. The van der Waals surface area contributed by atoms with Crippen LogP contribution in [0.3, 0.4) is 0 Å². The molecule has 3 rings (SSSR count). The van der Waals surface area contributed by atoms with Crippen LogP contribution in [0.15, 0.2) is 17.6 Å². The van der Waals surface area contributed by atoms with Crippen LogP contribution >= 0.6 is 0 Å². The summed E-state index contributed by atoms with van der Waals surface area (Å²) in [6.07, 6.45) is 2.23. The van der Waals surface area contributed by atoms with Crippen LogP contribution in [0.4, 0.5) is 4.79 Å². The minimum atomic E-state index is -3.70. The van der Waals surface area contributed by atoms with Crippen LogP contribution in [0.1, 0.15) is 19.9 Å². The maximum atomic E-state index is 12.4. The number of ether oxygens (including phenoxy) is 1. The second-order valence-corrected chi connectivity index (χ2v) is 7.43. The van der Waals surface area contributed by atoms with Gasteiger partial charge < -0.3 is 9.30 Å². The number of rotatable bonds is 4. The fourth-order valence-corrected chi connectivity index (χ4v) is 3.80. The van der Waals surface area contributed by atoms with E-state index in [-0.39, 0.29) is 30.8 Å². The number of nitrogens with zero attached hydrogens (tertiary/aromatic N) is 4. The Bertz CT molecular complexity index is 704. The number of amides is 2. The summed E-state index contributed by atoms with van der Waals surface area (Å²) in [6, 6.07) is -0.359. The zero-order valence-electron chi connectivity index (χ0n) is 12.2. The number of carbonyl (C=O) groups is 2. The van der Waals surface area contributed by atoms with Gasteiger partial charge in [0.1, 0.15) is 0 Å². The van der Waals surface area contributed by atoms with Gasteiger partial charge in [0.05, 0.1) is 12.4 Å². The Balaban J connectivity index is 1.71. The van der Waals surface area contributed by atoms with Gasteiger partial charge in [-0.2, -0.15) is 4.31 Å². The molecule has 0 bridgehead atoms. The Morgan fingerprint density at radius 2 is 2.00 bits per heavy atom. The number of imide groups is 1. The van der Waals surface area contributed by atoms with Crippen molar-refractivity contribution < 1.29 is 22.7 Å². The molecular weight excluding hydrogens is 312 g/mol. The summed E-state index contributed by atoms with van der Waals surface area (Å²) in [5.41, 5.74) is 0. The number of aromatic nitrogens is 2. The van der Waals surface area contributed by atoms with E-state index in [2.05, 4.69) is 9.72 Å². The Morgan fingerprint density at radius 1 is 1.32 bits per heavy atom. The summed E-state index contributed by atoms with van der Waals surface area (Å²) in [6.45, 7) is 3.70. The molecule has 0 aromatic carbocycles. The van der Waals surface area contributed by atoms with Crippen LogP contribution < -0.4 is 0 Å². The monoisotopic (exact) mass is 328 g/mol. The highest BCUT2D eigenvalue weighted by molar-refractivity contribution is 7.89. The van der Waals surface area contributed by atoms with Gasteiger partial charge in [-0.05, 0) is 13.8 Å². The Hall–Kier alpha value is -1.94. The van der Waals surface area contributed by atoms with Crippen molar-refractivity contribution in [1.82, 2.24) is 18.8 Å². The standard InChI is InChI=1S/C12H16N4O5S/c1-8(2)14-5-10(13-7-14)22(19,20)15-3-9(4-15)16-11(17)6-21-12(16)18/h5,7-9H,3-4,6H2,1-2H3. The number of hydrogen-bond acceptors (Lipinski definition) is 6. The molecule has 10 heteroatoms. The van der Waals surface area contributed by atoms with E-state index >= 15 is 0 Å². The lowest BCUT2D eigenvalue weighted by Gasteiger charge is -2.40. The quantitative estimate of drug-likeness (QED) is 0.759. The number of hydrogen-bond donors (Lipinski definition) is 0. The zero-order valence-corrected chi connectivity index (χ0v) is 13.0. The highest BCUT2D eigenvalue weighted by atomic mass is 32.2. The molecule has 1 aromatic heterocycles. The maximum Gasteiger partial charge on any atom is 0.417 e. The first-order chi connectivity index (χ1) is 10.3. The van der Waals surface area contributed by atoms with Gasteiger partial charge >= 0.3 is 6.09 Å². The normalized spacial score (nSPS) is 20.6. The largest absolute Gasteiger partial charge is 0.439 e. The molecule has 0 saturated carbocycles. The first-order valence-electron chi connectivity index (χ1n) is 6.83. The van der Waals surface area contributed by atoms with Crippen molar-refractivity contribution in [1.29, 1.82) is 0 Å². The SMILES string of the molecule is CC(C)n1cnc(S(=O)(=O)N2CC(N3C(=O)COC3=O)C2)c1. The highest BCUT2D eigenvalue weighted by Gasteiger charge is 2.47. The molecule has 0 spiro atoms. The lowest BCUT2D eigenvalue weighted by molar-refractivity contribution is -0.128. The molecule has 9 nitrogen and oxygen atoms in total. The molecule has 0 radical (unpaired) electrons. The van der Waals surface area contributed by atoms with Gasteiger partial charge in [-0.25, -0.2) is 23.1 Å². The van der Waals surface area contributed by atoms with Crippen LogP contribution in [-0.4, -0.2) is 64.9 Å². The van der Waals surface area contributed by atoms with Gasteiger partial charge in [0.15, 0.2) is 11.6 Å². The van der Waals surface area contributed by atoms with E-state index in [1.165, 1.54) is 16.8 Å². The topological polar surface area (TPSA) is 102 Å². The minimum Gasteiger partial charge on any atom is -0.439 e. The van der Waals surface area contributed by atoms with Crippen molar-refractivity contribution >= 4 is 22.0 Å². The molecule has 2 aliphatic heterocycles. The summed E-state index contributed by atoms with van der Waals surface area (Å²) in [5, 5.41) is -0.0324. The third kappa shape index (κ3) is 2.28. The van der Waals surface area contributed by atoms with Crippen molar-refractivity contribution in [2.75, 3.05) is 19.7 Å². The van der Waals surface area contributed by atoms with E-state index in [1.807, 2.05) is 13.8 Å². The van der Waals surface area contributed by atoms with Gasteiger partial charge in [-0.15, -0.1) is 0 Å². The Morgan fingerprint density at radius 3 is 2.50 bits per heavy atom. The van der Waals surface area contributed by atoms with Crippen molar-refractivity contribution in [3.63, 3.8) is 0 Å². The second-order valence-electron chi connectivity index (χ2n) is 5.55. The molecule has 0 N–H and O–H groups in total. The maximum absolute atomic E-state index is 12.4. The van der Waals surface area contributed by atoms with Crippen LogP contribution in [-0.2, 0) is 19.6 Å². The van der Waals surface area contributed by atoms with Crippen LogP contribution in [0.5, 0.6) is 0 Å². The summed E-state index contributed by atoms with van der Waals surface area (Å²) in [7, 11) is -3.70. The van der Waals surface area contributed by atoms with Gasteiger partial charge in [-0.3, -0.25) is 4.79 Å². The average Bonchev–Trinajstić information content (AvgIpc) is 2.99. The molecule has 0 aliphatic carbocycles. The molecule has 1 aromatic rings. The van der Waals surface area contributed by atoms with Gasteiger partial charge in [0.2, 0.25) is 0 Å². The summed E-state index contributed by atoms with van der Waals surface area (Å²) in [4.78, 5) is 27.9. The first kappa shape index (κ1) is 15.0. The molecule has 120 valence electrons. The lowest BCUT2D eigenvalue weighted by Crippen LogP contribution is -2.62. The Kier molecular flexibility index (Phi) is 3.44. The van der Waals surface area contributed by atoms with Crippen LogP contribution in [0, 0.1) is 0 Å². The van der Waals surface area contributed by atoms with Gasteiger partial charge in [0.25, 0.3) is 15.9 Å². The van der Waals surface area contributed by atoms with Crippen LogP contribution in [0.25, 0.3) is 0 Å². The molecule has 3 heterocycles.